The molecule has 0 aromatic heterocycles. The van der Waals surface area contributed by atoms with Crippen LogP contribution in [0.3, 0.4) is 0 Å². The molecule has 0 saturated carbocycles. The molecule has 0 saturated heterocycles. The fourth-order valence-electron chi connectivity index (χ4n) is 3.39. The van der Waals surface area contributed by atoms with Gasteiger partial charge in [0.05, 0.1) is 7.11 Å². The second-order valence-electron chi connectivity index (χ2n) is 8.20. The topological polar surface area (TPSA) is 67.8 Å². The second kappa shape index (κ2) is 14.4. The van der Waals surface area contributed by atoms with Crippen molar-refractivity contribution in [1.29, 1.82) is 0 Å². The predicted molar refractivity (Wildman–Crippen MR) is 130 cm³/mol. The molecule has 0 aliphatic rings. The average Bonchev–Trinajstić information content (AvgIpc) is 2.82. The highest BCUT2D eigenvalue weighted by Crippen LogP contribution is 2.17. The minimum atomic E-state index is -0.555. The summed E-state index contributed by atoms with van der Waals surface area (Å²) in [5, 5.41) is 13.5. The summed E-state index contributed by atoms with van der Waals surface area (Å²) in [6.45, 7) is 5.01. The first-order valence-electron chi connectivity index (χ1n) is 11.4. The zero-order chi connectivity index (χ0) is 23.2. The molecular weight excluding hydrogens is 402 g/mol. The molecule has 174 valence electrons. The van der Waals surface area contributed by atoms with Gasteiger partial charge in [0, 0.05) is 19.0 Å². The van der Waals surface area contributed by atoms with Crippen molar-refractivity contribution in [3.05, 3.63) is 71.8 Å². The smallest absolute Gasteiger partial charge is 0.305 e. The number of aliphatic hydroxyl groups excluding tert-OH is 1. The van der Waals surface area contributed by atoms with E-state index in [-0.39, 0.29) is 18.6 Å². The fraction of sp³-hybridized carbons (Fsp3) is 0.444. The van der Waals surface area contributed by atoms with Crippen LogP contribution in [0.1, 0.15) is 50.7 Å². The summed E-state index contributed by atoms with van der Waals surface area (Å²) in [5.41, 5.74) is 3.73. The minimum absolute atomic E-state index is 0.139. The van der Waals surface area contributed by atoms with Gasteiger partial charge in [-0.15, -0.1) is 0 Å². The molecule has 0 radical (unpaired) electrons. The summed E-state index contributed by atoms with van der Waals surface area (Å²) in [6.07, 6.45) is 5.85. The third-order valence-corrected chi connectivity index (χ3v) is 5.35. The molecule has 0 bridgehead atoms. The molecular formula is C27H37NO4. The molecule has 2 aromatic carbocycles. The maximum atomic E-state index is 11.1. The monoisotopic (exact) mass is 439 g/mol. The van der Waals surface area contributed by atoms with E-state index < -0.39 is 6.10 Å². The third-order valence-electron chi connectivity index (χ3n) is 5.35. The van der Waals surface area contributed by atoms with Crippen LogP contribution in [0.4, 0.5) is 0 Å². The number of unbranched alkanes of at least 4 members (excludes halogenated alkanes) is 2. The van der Waals surface area contributed by atoms with E-state index in [9.17, 15) is 9.90 Å². The highest BCUT2D eigenvalue weighted by Gasteiger charge is 2.09. The van der Waals surface area contributed by atoms with Gasteiger partial charge in [-0.2, -0.15) is 0 Å². The highest BCUT2D eigenvalue weighted by atomic mass is 16.5. The van der Waals surface area contributed by atoms with Gasteiger partial charge in [-0.25, -0.2) is 0 Å². The Kier molecular flexibility index (Phi) is 11.6. The number of hydrogen-bond acceptors (Lipinski definition) is 5. The van der Waals surface area contributed by atoms with Gasteiger partial charge in [0.25, 0.3) is 0 Å². The summed E-state index contributed by atoms with van der Waals surface area (Å²) in [5.74, 6) is 0.630. The quantitative estimate of drug-likeness (QED) is 0.327. The Bertz CT molecular complexity index is 817. The number of carbonyl (C=O) groups excluding carboxylic acids is 1. The normalized spacial score (nSPS) is 13.4. The molecule has 0 amide bonds. The van der Waals surface area contributed by atoms with Crippen LogP contribution >= 0.6 is 0 Å². The van der Waals surface area contributed by atoms with Gasteiger partial charge in [0.15, 0.2) is 0 Å². The van der Waals surface area contributed by atoms with Gasteiger partial charge in [0.2, 0.25) is 0 Å². The number of methoxy groups -OCH3 is 1. The van der Waals surface area contributed by atoms with E-state index in [2.05, 4.69) is 54.2 Å². The second-order valence-corrected chi connectivity index (χ2v) is 8.20. The van der Waals surface area contributed by atoms with Crippen molar-refractivity contribution >= 4 is 11.5 Å². The van der Waals surface area contributed by atoms with E-state index in [0.29, 0.717) is 13.0 Å². The lowest BCUT2D eigenvalue weighted by molar-refractivity contribution is -0.140. The van der Waals surface area contributed by atoms with E-state index >= 15 is 0 Å². The van der Waals surface area contributed by atoms with Crippen molar-refractivity contribution < 1.29 is 19.4 Å². The summed E-state index contributed by atoms with van der Waals surface area (Å²) in [7, 11) is 1.43. The number of carbonyl (C=O) groups is 1. The van der Waals surface area contributed by atoms with Crippen molar-refractivity contribution in [2.24, 2.45) is 0 Å². The van der Waals surface area contributed by atoms with E-state index in [0.717, 1.165) is 31.4 Å². The van der Waals surface area contributed by atoms with Crippen molar-refractivity contribution in [1.82, 2.24) is 5.32 Å². The van der Waals surface area contributed by atoms with Gasteiger partial charge >= 0.3 is 5.97 Å². The van der Waals surface area contributed by atoms with Crippen LogP contribution < -0.4 is 10.1 Å². The number of rotatable bonds is 14. The Balaban J connectivity index is 1.68. The van der Waals surface area contributed by atoms with E-state index in [1.165, 1.54) is 23.8 Å². The van der Waals surface area contributed by atoms with Gasteiger partial charge in [-0.3, -0.25) is 4.79 Å². The summed E-state index contributed by atoms with van der Waals surface area (Å²) in [4.78, 5) is 11.1. The molecule has 5 heteroatoms. The lowest BCUT2D eigenvalue weighted by Gasteiger charge is -2.18. The van der Waals surface area contributed by atoms with Crippen LogP contribution in [0.15, 0.2) is 60.7 Å². The molecule has 0 aliphatic heterocycles. The Labute approximate surface area is 192 Å². The Morgan fingerprint density at radius 1 is 1.09 bits per heavy atom. The first-order valence-corrected chi connectivity index (χ1v) is 11.4. The average molecular weight is 440 g/mol. The number of allylic oxidation sites excluding steroid dienone is 2. The van der Waals surface area contributed by atoms with Gasteiger partial charge in [-0.05, 0) is 68.4 Å². The first-order chi connectivity index (χ1) is 15.5. The van der Waals surface area contributed by atoms with Gasteiger partial charge in [0.1, 0.15) is 18.5 Å². The van der Waals surface area contributed by atoms with Gasteiger partial charge in [-0.1, -0.05) is 48.5 Å². The fourth-order valence-corrected chi connectivity index (χ4v) is 3.39. The summed E-state index contributed by atoms with van der Waals surface area (Å²) in [6, 6.07) is 18.4. The molecule has 32 heavy (non-hydrogen) atoms. The van der Waals surface area contributed by atoms with Crippen LogP contribution in [0.5, 0.6) is 5.75 Å². The zero-order valence-electron chi connectivity index (χ0n) is 19.5. The molecule has 2 rings (SSSR count). The number of aliphatic hydroxyl groups is 1. The maximum absolute atomic E-state index is 11.1. The SMILES string of the molecule is COC(=O)CCCCC=C(C)c1ccc(C[C@@H](C)NC[C@H](O)COc2ccccc2)cc1. The number of benzene rings is 2. The third kappa shape index (κ3) is 10.1. The van der Waals surface area contributed by atoms with Crippen LogP contribution in [-0.4, -0.2) is 43.5 Å². The minimum Gasteiger partial charge on any atom is -0.491 e. The zero-order valence-corrected chi connectivity index (χ0v) is 19.5. The molecule has 2 atom stereocenters. The molecule has 5 nitrogen and oxygen atoms in total. The molecule has 0 fully saturated rings. The molecule has 0 spiro atoms. The number of esters is 1. The predicted octanol–water partition coefficient (Wildman–Crippen LogP) is 4.78. The van der Waals surface area contributed by atoms with E-state index in [1.54, 1.807) is 0 Å². The van der Waals surface area contributed by atoms with Crippen molar-refractivity contribution in [2.75, 3.05) is 20.3 Å². The van der Waals surface area contributed by atoms with Crippen LogP contribution in [0.25, 0.3) is 5.57 Å². The van der Waals surface area contributed by atoms with Crippen LogP contribution in [-0.2, 0) is 16.0 Å². The molecule has 0 heterocycles. The van der Waals surface area contributed by atoms with E-state index in [1.807, 2.05) is 30.3 Å². The molecule has 0 aliphatic carbocycles. The molecule has 2 aromatic rings. The largest absolute Gasteiger partial charge is 0.491 e. The number of ether oxygens (including phenoxy) is 2. The van der Waals surface area contributed by atoms with Gasteiger partial charge < -0.3 is 19.9 Å². The number of hydrogen-bond donors (Lipinski definition) is 2. The Hall–Kier alpha value is -2.63. The Morgan fingerprint density at radius 2 is 1.81 bits per heavy atom. The molecule has 0 unspecified atom stereocenters. The lowest BCUT2D eigenvalue weighted by Crippen LogP contribution is -2.37. The van der Waals surface area contributed by atoms with Crippen LogP contribution in [0, 0.1) is 0 Å². The maximum Gasteiger partial charge on any atom is 0.305 e. The number of para-hydroxylation sites is 1. The van der Waals surface area contributed by atoms with Crippen molar-refractivity contribution in [2.45, 2.75) is 58.1 Å². The van der Waals surface area contributed by atoms with E-state index in [4.69, 9.17) is 4.74 Å². The highest BCUT2D eigenvalue weighted by molar-refractivity contribution is 5.69. The van der Waals surface area contributed by atoms with Crippen molar-refractivity contribution in [3.8, 4) is 5.75 Å². The summed E-state index contributed by atoms with van der Waals surface area (Å²) < 4.78 is 10.3. The Morgan fingerprint density at radius 3 is 2.50 bits per heavy atom. The standard InChI is InChI=1S/C27H37NO4/c1-21(10-6-4-9-13-27(30)31-3)24-16-14-23(15-17-24)18-22(2)28-19-25(29)20-32-26-11-7-5-8-12-26/h5,7-8,10-12,14-17,22,25,28-29H,4,6,9,13,18-20H2,1-3H3/t22-,25+/m1/s1. The number of nitrogens with one attached hydrogen (secondary N) is 1. The lowest BCUT2D eigenvalue weighted by atomic mass is 10.0. The van der Waals surface area contributed by atoms with Crippen molar-refractivity contribution in [3.63, 3.8) is 0 Å². The summed E-state index contributed by atoms with van der Waals surface area (Å²) >= 11 is 0. The first kappa shape index (κ1) is 25.6. The van der Waals surface area contributed by atoms with Crippen LogP contribution in [0.2, 0.25) is 0 Å². The molecule has 2 N–H and O–H groups in total.